The fourth-order valence-corrected chi connectivity index (χ4v) is 18.1. The van der Waals surface area contributed by atoms with Crippen molar-refractivity contribution in [1.29, 1.82) is 0 Å². The molecule has 2 heteroatoms. The summed E-state index contributed by atoms with van der Waals surface area (Å²) in [4.78, 5) is 4.90. The summed E-state index contributed by atoms with van der Waals surface area (Å²) in [5.74, 6) is 0. The van der Waals surface area contributed by atoms with Gasteiger partial charge in [-0.2, -0.15) is 0 Å². The second kappa shape index (κ2) is 30.9. The highest BCUT2D eigenvalue weighted by Crippen LogP contribution is 2.57. The van der Waals surface area contributed by atoms with Gasteiger partial charge in [0, 0.05) is 45.0 Å². The highest BCUT2D eigenvalue weighted by molar-refractivity contribution is 5.93. The second-order valence-corrected chi connectivity index (χ2v) is 31.3. The Bertz CT molecular complexity index is 5440. The van der Waals surface area contributed by atoms with Crippen molar-refractivity contribution in [2.75, 3.05) is 9.80 Å². The quantitative estimate of drug-likeness (QED) is 0.0474. The molecule has 0 saturated carbocycles. The van der Waals surface area contributed by atoms with Gasteiger partial charge in [0.15, 0.2) is 0 Å². The van der Waals surface area contributed by atoms with Gasteiger partial charge in [-0.25, -0.2) is 0 Å². The van der Waals surface area contributed by atoms with Gasteiger partial charge in [-0.15, -0.1) is 0 Å². The molecule has 108 heavy (non-hydrogen) atoms. The predicted octanol–water partition coefficient (Wildman–Crippen LogP) is 30.5. The number of hydrogen-bond acceptors (Lipinski definition) is 2. The van der Waals surface area contributed by atoms with Crippen LogP contribution in [-0.2, 0) is 23.7 Å². The van der Waals surface area contributed by atoms with E-state index in [9.17, 15) is 0 Å². The van der Waals surface area contributed by atoms with Crippen LogP contribution in [0, 0.1) is 0 Å². The van der Waals surface area contributed by atoms with Gasteiger partial charge in [0.25, 0.3) is 0 Å². The molecule has 2 nitrogen and oxygen atoms in total. The van der Waals surface area contributed by atoms with Crippen LogP contribution in [0.2, 0.25) is 0 Å². The summed E-state index contributed by atoms with van der Waals surface area (Å²) >= 11 is 0. The molecule has 0 bridgehead atoms. The van der Waals surface area contributed by atoms with E-state index in [1.165, 1.54) is 218 Å². The largest absolute Gasteiger partial charge is 0.310 e. The first-order valence-corrected chi connectivity index (χ1v) is 40.3. The maximum atomic E-state index is 2.63. The molecule has 0 amide bonds. The molecule has 0 heterocycles. The van der Waals surface area contributed by atoms with Crippen molar-refractivity contribution >= 4 is 34.1 Å². The Hall–Kier alpha value is -11.3. The third-order valence-corrected chi connectivity index (χ3v) is 24.2. The smallest absolute Gasteiger partial charge is 0.0468 e. The van der Waals surface area contributed by atoms with E-state index in [0.29, 0.717) is 0 Å². The molecule has 0 aliphatic heterocycles. The van der Waals surface area contributed by atoms with Crippen LogP contribution in [0.25, 0.3) is 100 Å². The topological polar surface area (TPSA) is 6.48 Å². The van der Waals surface area contributed by atoms with E-state index in [1.54, 1.807) is 5.56 Å². The van der Waals surface area contributed by atoms with E-state index in [-0.39, 0.29) is 10.8 Å². The van der Waals surface area contributed by atoms with Gasteiger partial charge in [0.1, 0.15) is 0 Å². The van der Waals surface area contributed by atoms with E-state index >= 15 is 0 Å². The van der Waals surface area contributed by atoms with Gasteiger partial charge in [0.05, 0.1) is 0 Å². The monoisotopic (exact) mass is 1400 g/mol. The fourth-order valence-electron chi connectivity index (χ4n) is 18.1. The van der Waals surface area contributed by atoms with Crippen molar-refractivity contribution in [1.82, 2.24) is 0 Å². The van der Waals surface area contributed by atoms with Gasteiger partial charge in [0.2, 0.25) is 0 Å². The highest BCUT2D eigenvalue weighted by atomic mass is 15.1. The molecule has 532 valence electrons. The van der Waals surface area contributed by atoms with Crippen molar-refractivity contribution in [2.24, 2.45) is 0 Å². The average molecular weight is 1400 g/mol. The maximum Gasteiger partial charge on any atom is 0.0468 e. The zero-order chi connectivity index (χ0) is 73.0. The van der Waals surface area contributed by atoms with Gasteiger partial charge in [-0.1, -0.05) is 341 Å². The summed E-state index contributed by atoms with van der Waals surface area (Å²) in [6.45, 7) is 9.45. The van der Waals surface area contributed by atoms with Gasteiger partial charge in [-0.3, -0.25) is 0 Å². The van der Waals surface area contributed by atoms with E-state index in [2.05, 4.69) is 365 Å². The van der Waals surface area contributed by atoms with Crippen LogP contribution in [0.4, 0.5) is 34.1 Å². The lowest BCUT2D eigenvalue weighted by molar-refractivity contribution is 0.398. The van der Waals surface area contributed by atoms with E-state index in [1.807, 2.05) is 0 Å². The highest BCUT2D eigenvalue weighted by Gasteiger charge is 2.43. The molecule has 3 aliphatic rings. The molecule has 0 aromatic heterocycles. The van der Waals surface area contributed by atoms with E-state index in [4.69, 9.17) is 0 Å². The van der Waals surface area contributed by atoms with E-state index < -0.39 is 0 Å². The number of anilines is 6. The lowest BCUT2D eigenvalue weighted by atomic mass is 9.70. The van der Waals surface area contributed by atoms with Gasteiger partial charge >= 0.3 is 0 Å². The Morgan fingerprint density at radius 2 is 0.546 bits per heavy atom. The molecule has 0 radical (unpaired) electrons. The van der Waals surface area contributed by atoms with Crippen LogP contribution >= 0.6 is 0 Å². The number of nitrogens with zero attached hydrogens (tertiary/aromatic N) is 2. The summed E-state index contributed by atoms with van der Waals surface area (Å²) in [6, 6.07) is 124. The molecule has 14 aromatic carbocycles. The minimum atomic E-state index is -0.165. The molecule has 0 saturated heterocycles. The molecule has 0 N–H and O–H groups in total. The molecule has 0 fully saturated rings. The third-order valence-electron chi connectivity index (χ3n) is 24.2. The van der Waals surface area contributed by atoms with Crippen LogP contribution in [0.15, 0.2) is 328 Å². The molecule has 14 aromatic rings. The van der Waals surface area contributed by atoms with Crippen LogP contribution < -0.4 is 9.80 Å². The summed E-state index contributed by atoms with van der Waals surface area (Å²) in [6.07, 6.45) is 20.1. The maximum absolute atomic E-state index is 2.63. The van der Waals surface area contributed by atoms with Crippen molar-refractivity contribution < 1.29 is 0 Å². The molecule has 17 rings (SSSR count). The van der Waals surface area contributed by atoms with Crippen molar-refractivity contribution in [3.63, 3.8) is 0 Å². The lowest BCUT2D eigenvalue weighted by Crippen LogP contribution is -2.25. The third kappa shape index (κ3) is 13.8. The Balaban J connectivity index is 0.763. The number of unbranched alkanes of at least 4 members (excludes halogenated alkanes) is 10. The second-order valence-electron chi connectivity index (χ2n) is 31.3. The Kier molecular flexibility index (Phi) is 19.9. The Labute approximate surface area is 642 Å². The first-order chi connectivity index (χ1) is 53.2. The van der Waals surface area contributed by atoms with Crippen molar-refractivity contribution in [3.8, 4) is 100 Å². The fraction of sp³-hybridized carbons (Fsp3) is 0.208. The zero-order valence-electron chi connectivity index (χ0n) is 63.4. The van der Waals surface area contributed by atoms with Crippen LogP contribution in [0.1, 0.15) is 151 Å². The van der Waals surface area contributed by atoms with Gasteiger partial charge < -0.3 is 9.80 Å². The first-order valence-electron chi connectivity index (χ1n) is 40.3. The molecule has 3 aliphatic carbocycles. The number of rotatable bonds is 27. The summed E-state index contributed by atoms with van der Waals surface area (Å²) in [5.41, 5.74) is 37.8. The number of aryl methyl sites for hydroxylation is 2. The molecule has 0 spiro atoms. The number of hydrogen-bond donors (Lipinski definition) is 0. The molecular weight excluding hydrogens is 1300 g/mol. The van der Waals surface area contributed by atoms with Gasteiger partial charge in [-0.05, 0) is 250 Å². The normalized spacial score (nSPS) is 13.2. The molecule has 0 unspecified atom stereocenters. The number of benzene rings is 14. The number of fused-ring (bicyclic) bond motifs is 7. The first kappa shape index (κ1) is 69.7. The summed E-state index contributed by atoms with van der Waals surface area (Å²) in [5, 5.41) is 0. The minimum absolute atomic E-state index is 0.0723. The predicted molar refractivity (Wildman–Crippen MR) is 461 cm³/mol. The van der Waals surface area contributed by atoms with Crippen LogP contribution in [0.5, 0.6) is 0 Å². The Morgan fingerprint density at radius 3 is 1.01 bits per heavy atom. The minimum Gasteiger partial charge on any atom is -0.310 e. The van der Waals surface area contributed by atoms with Crippen LogP contribution in [0.3, 0.4) is 0 Å². The summed E-state index contributed by atoms with van der Waals surface area (Å²) in [7, 11) is 0. The SMILES string of the molecule is CCCCCCCCC1(CCCCCCCC)c2cc(-c3ccccc3)ccc2-c2ccc(-c3ccc(N(c4ccc(-c5ccc(N(c6ccc(-c7ccccc7)cc6)c6ccc7c(c6)CC7)cc5)cc4)c4ccc(-c5ccc(-c6ccccc6)cc5)c(-c5ccc6c(c5)C(C)(C)c5ccccc5-6)c4)cc3)cc21. The molecular formula is C106H98N2. The van der Waals surface area contributed by atoms with Crippen LogP contribution in [-0.4, -0.2) is 0 Å². The zero-order valence-corrected chi connectivity index (χ0v) is 63.4. The van der Waals surface area contributed by atoms with Crippen molar-refractivity contribution in [3.05, 3.63) is 361 Å². The average Bonchev–Trinajstić information content (AvgIpc) is 1.56. The Morgan fingerprint density at radius 1 is 0.222 bits per heavy atom. The lowest BCUT2D eigenvalue weighted by Gasteiger charge is -2.33. The summed E-state index contributed by atoms with van der Waals surface area (Å²) < 4.78 is 0. The van der Waals surface area contributed by atoms with Crippen molar-refractivity contribution in [2.45, 2.75) is 141 Å². The molecule has 0 atom stereocenters. The standard InChI is InChI=1S/C106H98N2/c1-5-7-9-11-13-26-68-106(69-27-14-12-10-8-6-2)103-71-86(77-32-22-17-23-33-77)51-64-98(103)99-65-52-87(72-104(99)106)83-48-60-92(61-49-83)108(91-58-46-81(47-59-91)80-44-56-90(57-45-80)107(93-62-50-82-38-41-85(82)70-93)89-54-42-79(43-55-89)76-30-20-16-21-31-76)94-63-67-95(84-39-36-78(37-40-84)75-28-18-15-19-29-75)100(74-94)88-53-66-97-96-34-24-25-35-101(96)105(3,4)102(97)73-88/h15-25,28-37,39-40,42-67,70-74H,5-14,26-27,38,41,68-69H2,1-4H3. The van der Waals surface area contributed by atoms with E-state index in [0.717, 1.165) is 46.8 Å².